The number of imidazole rings is 1. The van der Waals surface area contributed by atoms with Crippen molar-refractivity contribution in [2.24, 2.45) is 0 Å². The van der Waals surface area contributed by atoms with Gasteiger partial charge in [0.15, 0.2) is 0 Å². The zero-order chi connectivity index (χ0) is 20.5. The third kappa shape index (κ3) is 3.67. The number of aromatic nitrogens is 2. The molecule has 2 aliphatic carbocycles. The van der Waals surface area contributed by atoms with Gasteiger partial charge >= 0.3 is 11.7 Å². The van der Waals surface area contributed by atoms with Gasteiger partial charge in [-0.25, -0.2) is 14.2 Å². The molecule has 1 atom stereocenters. The highest BCUT2D eigenvalue weighted by molar-refractivity contribution is 5.89. The van der Waals surface area contributed by atoms with E-state index in [0.29, 0.717) is 23.1 Å². The Morgan fingerprint density at radius 2 is 1.67 bits per heavy atom. The first-order valence-electron chi connectivity index (χ1n) is 11.0. The van der Waals surface area contributed by atoms with Crippen LogP contribution in [-0.2, 0) is 6.42 Å². The number of amides is 1. The Hall–Kier alpha value is -2.86. The summed E-state index contributed by atoms with van der Waals surface area (Å²) >= 11 is 0. The number of benzene rings is 2. The van der Waals surface area contributed by atoms with Gasteiger partial charge in [-0.3, -0.25) is 0 Å². The van der Waals surface area contributed by atoms with Crippen molar-refractivity contribution in [1.29, 1.82) is 0 Å². The molecular formula is C24H28N4O2. The summed E-state index contributed by atoms with van der Waals surface area (Å²) in [5.41, 5.74) is 3.84. The van der Waals surface area contributed by atoms with Crippen LogP contribution in [0.4, 0.5) is 4.79 Å². The molecule has 5 rings (SSSR count). The molecule has 1 heterocycles. The van der Waals surface area contributed by atoms with Crippen LogP contribution in [0.25, 0.3) is 11.0 Å². The summed E-state index contributed by atoms with van der Waals surface area (Å²) in [6.07, 6.45) is 7.53. The first kappa shape index (κ1) is 19.1. The maximum absolute atomic E-state index is 12.8. The first-order chi connectivity index (χ1) is 14.7. The van der Waals surface area contributed by atoms with Gasteiger partial charge in [0.05, 0.1) is 11.0 Å². The van der Waals surface area contributed by atoms with Crippen molar-refractivity contribution in [3.05, 3.63) is 70.1 Å². The SMILES string of the molecule is O=C(NC1CCC(NC2CCCc3ccccc32)CC1)n1c(=O)[nH]c2ccccc21. The number of carbonyl (C=O) groups is 1. The third-order valence-electron chi connectivity index (χ3n) is 6.65. The number of hydrogen-bond acceptors (Lipinski definition) is 3. The number of fused-ring (bicyclic) bond motifs is 2. The Kier molecular flexibility index (Phi) is 5.17. The van der Waals surface area contributed by atoms with Crippen molar-refractivity contribution in [2.45, 2.75) is 63.1 Å². The predicted molar refractivity (Wildman–Crippen MR) is 118 cm³/mol. The van der Waals surface area contributed by atoms with Crippen LogP contribution in [0.2, 0.25) is 0 Å². The van der Waals surface area contributed by atoms with E-state index in [1.165, 1.54) is 35.0 Å². The number of rotatable bonds is 3. The molecular weight excluding hydrogens is 376 g/mol. The highest BCUT2D eigenvalue weighted by Gasteiger charge is 2.27. The number of aromatic amines is 1. The average molecular weight is 405 g/mol. The summed E-state index contributed by atoms with van der Waals surface area (Å²) in [6, 6.07) is 16.7. The molecule has 3 aromatic rings. The normalized spacial score (nSPS) is 23.8. The molecule has 2 aromatic carbocycles. The molecule has 0 radical (unpaired) electrons. The minimum Gasteiger partial charge on any atom is -0.335 e. The molecule has 2 aliphatic rings. The highest BCUT2D eigenvalue weighted by Crippen LogP contribution is 2.31. The summed E-state index contributed by atoms with van der Waals surface area (Å²) in [5.74, 6) is 0. The Morgan fingerprint density at radius 1 is 0.933 bits per heavy atom. The maximum Gasteiger partial charge on any atom is 0.334 e. The van der Waals surface area contributed by atoms with E-state index >= 15 is 0 Å². The van der Waals surface area contributed by atoms with Crippen molar-refractivity contribution in [2.75, 3.05) is 0 Å². The zero-order valence-electron chi connectivity index (χ0n) is 17.1. The molecule has 1 saturated carbocycles. The Balaban J connectivity index is 1.19. The molecule has 6 heteroatoms. The summed E-state index contributed by atoms with van der Waals surface area (Å²) in [4.78, 5) is 27.7. The van der Waals surface area contributed by atoms with Crippen molar-refractivity contribution < 1.29 is 4.79 Å². The molecule has 1 amide bonds. The van der Waals surface area contributed by atoms with Gasteiger partial charge < -0.3 is 15.6 Å². The third-order valence-corrected chi connectivity index (χ3v) is 6.65. The smallest absolute Gasteiger partial charge is 0.334 e. The first-order valence-corrected chi connectivity index (χ1v) is 11.0. The van der Waals surface area contributed by atoms with Crippen molar-refractivity contribution in [3.63, 3.8) is 0 Å². The topological polar surface area (TPSA) is 78.9 Å². The quantitative estimate of drug-likeness (QED) is 0.620. The standard InChI is InChI=1S/C24H28N4O2/c29-23(28-22-11-4-3-9-21(22)27-24(28)30)26-18-14-12-17(13-15-18)25-20-10-5-7-16-6-1-2-8-19(16)20/h1-4,6,8-9,11,17-18,20,25H,5,7,10,12-15H2,(H,26,29)(H,27,30). The fraction of sp³-hybridized carbons (Fsp3) is 0.417. The average Bonchev–Trinajstić information content (AvgIpc) is 3.11. The fourth-order valence-corrected chi connectivity index (χ4v) is 5.11. The second kappa shape index (κ2) is 8.11. The van der Waals surface area contributed by atoms with Gasteiger partial charge in [0.1, 0.15) is 0 Å². The van der Waals surface area contributed by atoms with Gasteiger partial charge in [0.25, 0.3) is 0 Å². The number of para-hydroxylation sites is 2. The lowest BCUT2D eigenvalue weighted by molar-refractivity contribution is 0.228. The molecule has 0 saturated heterocycles. The molecule has 1 fully saturated rings. The second-order valence-electron chi connectivity index (χ2n) is 8.59. The Labute approximate surface area is 175 Å². The maximum atomic E-state index is 12.8. The molecule has 1 unspecified atom stereocenters. The van der Waals surface area contributed by atoms with Crippen LogP contribution in [-0.4, -0.2) is 27.7 Å². The van der Waals surface area contributed by atoms with Crippen LogP contribution in [0.5, 0.6) is 0 Å². The van der Waals surface area contributed by atoms with Gasteiger partial charge in [-0.1, -0.05) is 36.4 Å². The van der Waals surface area contributed by atoms with E-state index in [4.69, 9.17) is 0 Å². The van der Waals surface area contributed by atoms with E-state index in [2.05, 4.69) is 39.9 Å². The van der Waals surface area contributed by atoms with E-state index in [-0.39, 0.29) is 17.8 Å². The number of hydrogen-bond donors (Lipinski definition) is 3. The van der Waals surface area contributed by atoms with Gasteiger partial charge in [-0.15, -0.1) is 0 Å². The van der Waals surface area contributed by atoms with Crippen molar-refractivity contribution in [1.82, 2.24) is 20.2 Å². The molecule has 0 aliphatic heterocycles. The van der Waals surface area contributed by atoms with Crippen LogP contribution < -0.4 is 16.3 Å². The van der Waals surface area contributed by atoms with Crippen molar-refractivity contribution >= 4 is 17.1 Å². The number of nitrogens with one attached hydrogen (secondary N) is 3. The van der Waals surface area contributed by atoms with E-state index in [0.717, 1.165) is 25.7 Å². The highest BCUT2D eigenvalue weighted by atomic mass is 16.2. The zero-order valence-corrected chi connectivity index (χ0v) is 17.1. The predicted octanol–water partition coefficient (Wildman–Crippen LogP) is 3.87. The molecule has 0 bridgehead atoms. The van der Waals surface area contributed by atoms with Gasteiger partial charge in [-0.2, -0.15) is 0 Å². The number of H-pyrrole nitrogens is 1. The van der Waals surface area contributed by atoms with Crippen LogP contribution in [0, 0.1) is 0 Å². The van der Waals surface area contributed by atoms with Gasteiger partial charge in [0, 0.05) is 18.1 Å². The van der Waals surface area contributed by atoms with Crippen LogP contribution >= 0.6 is 0 Å². The lowest BCUT2D eigenvalue weighted by Gasteiger charge is -2.34. The summed E-state index contributed by atoms with van der Waals surface area (Å²) in [6.45, 7) is 0. The number of aryl methyl sites for hydroxylation is 1. The molecule has 1 aromatic heterocycles. The van der Waals surface area contributed by atoms with E-state index in [1.807, 2.05) is 12.1 Å². The minimum absolute atomic E-state index is 0.106. The molecule has 6 nitrogen and oxygen atoms in total. The molecule has 156 valence electrons. The van der Waals surface area contributed by atoms with Crippen LogP contribution in [0.1, 0.15) is 55.7 Å². The number of nitrogens with zero attached hydrogens (tertiary/aromatic N) is 1. The van der Waals surface area contributed by atoms with E-state index in [9.17, 15) is 9.59 Å². The summed E-state index contributed by atoms with van der Waals surface area (Å²) < 4.78 is 1.21. The van der Waals surface area contributed by atoms with E-state index < -0.39 is 0 Å². The number of carbonyl (C=O) groups excluding carboxylic acids is 1. The lowest BCUT2D eigenvalue weighted by Crippen LogP contribution is -2.46. The fourth-order valence-electron chi connectivity index (χ4n) is 5.11. The Morgan fingerprint density at radius 3 is 2.53 bits per heavy atom. The lowest BCUT2D eigenvalue weighted by atomic mass is 9.85. The second-order valence-corrected chi connectivity index (χ2v) is 8.59. The molecule has 3 N–H and O–H groups in total. The Bertz CT molecular complexity index is 1110. The van der Waals surface area contributed by atoms with Crippen molar-refractivity contribution in [3.8, 4) is 0 Å². The summed E-state index contributed by atoms with van der Waals surface area (Å²) in [7, 11) is 0. The van der Waals surface area contributed by atoms with Crippen LogP contribution in [0.15, 0.2) is 53.3 Å². The summed E-state index contributed by atoms with van der Waals surface area (Å²) in [5, 5.41) is 6.95. The van der Waals surface area contributed by atoms with Gasteiger partial charge in [-0.05, 0) is 68.2 Å². The van der Waals surface area contributed by atoms with Gasteiger partial charge in [0.2, 0.25) is 0 Å². The monoisotopic (exact) mass is 404 g/mol. The van der Waals surface area contributed by atoms with E-state index in [1.54, 1.807) is 12.1 Å². The van der Waals surface area contributed by atoms with Crippen LogP contribution in [0.3, 0.4) is 0 Å². The molecule has 0 spiro atoms. The molecule has 30 heavy (non-hydrogen) atoms. The largest absolute Gasteiger partial charge is 0.335 e. The minimum atomic E-state index is -0.389.